The monoisotopic (exact) mass is 1550 g/mol. The van der Waals surface area contributed by atoms with Crippen LogP contribution in [0.15, 0.2) is 95.5 Å². The van der Waals surface area contributed by atoms with Gasteiger partial charge in [-0.2, -0.15) is 47.9 Å². The lowest BCUT2D eigenvalue weighted by Gasteiger charge is -2.32. The number of hydrogen-bond donors (Lipinski definition) is 2. The third-order valence-corrected chi connectivity index (χ3v) is 21.8. The Balaban J connectivity index is 0.000000173. The molecule has 24 heteroatoms. The van der Waals surface area contributed by atoms with E-state index in [-0.39, 0.29) is 81.7 Å². The first-order valence-electron chi connectivity index (χ1n) is 36.9. The number of carbonyl (C=O) groups is 3. The number of carboxylic acids is 1. The number of likely N-dealkylation sites (tertiary alicyclic amines) is 1. The SMILES string of the molecule is CC1CCC(OS(C)(=O)=O)CC1.CC1CCC(Oc2ccc3ccc(Br)cc3c2C(F)(F)F)CC1.CC1CCC(Oc2ccc3ccc(C=O)cc3c2C(F)(F)F)CC1.CC1CCC(Oc2ccc3ccc(CN4CCC[C@H](CC(=O)O)C4)cc3c2C(F)(F)F)CC1.CCOC(=O)C[C@H]1CCCNC1. The fraction of sp³-hybridized carbons (Fsp3) is 0.588. The predicted octanol–water partition coefficient (Wildman–Crippen LogP) is 21.2. The summed E-state index contributed by atoms with van der Waals surface area (Å²) in [6.45, 7) is 15.1. The number of fused-ring (bicyclic) bond motifs is 3. The highest BCUT2D eigenvalue weighted by Gasteiger charge is 2.41. The molecule has 2 atom stereocenters. The zero-order chi connectivity index (χ0) is 75.5. The van der Waals surface area contributed by atoms with Crippen LogP contribution in [0.2, 0.25) is 0 Å². The molecule has 12 rings (SSSR count). The lowest BCUT2D eigenvalue weighted by molar-refractivity contribution is -0.144. The highest BCUT2D eigenvalue weighted by atomic mass is 79.9. The number of alkyl halides is 9. The van der Waals surface area contributed by atoms with Crippen molar-refractivity contribution in [2.45, 2.75) is 225 Å². The largest absolute Gasteiger partial charge is 0.490 e. The van der Waals surface area contributed by atoms with Gasteiger partial charge in [0.05, 0.1) is 37.3 Å². The first-order valence-corrected chi connectivity index (χ1v) is 39.5. The Morgan fingerprint density at radius 3 is 1.38 bits per heavy atom. The van der Waals surface area contributed by atoms with Crippen molar-refractivity contribution in [2.75, 3.05) is 39.0 Å². The van der Waals surface area contributed by atoms with E-state index in [1.165, 1.54) is 48.9 Å². The highest BCUT2D eigenvalue weighted by molar-refractivity contribution is 9.10. The van der Waals surface area contributed by atoms with Gasteiger partial charge in [0.2, 0.25) is 0 Å². The Kier molecular flexibility index (Phi) is 30.9. The van der Waals surface area contributed by atoms with Gasteiger partial charge >= 0.3 is 30.5 Å². The van der Waals surface area contributed by atoms with Crippen LogP contribution in [-0.2, 0) is 53.7 Å². The maximum Gasteiger partial charge on any atom is 0.420 e. The van der Waals surface area contributed by atoms with Crippen molar-refractivity contribution in [3.05, 3.63) is 123 Å². The van der Waals surface area contributed by atoms with Crippen LogP contribution >= 0.6 is 15.9 Å². The summed E-state index contributed by atoms with van der Waals surface area (Å²) in [6.07, 6.45) is 6.99. The van der Waals surface area contributed by atoms with Crippen LogP contribution in [0.3, 0.4) is 0 Å². The number of rotatable bonds is 16. The van der Waals surface area contributed by atoms with Gasteiger partial charge in [0, 0.05) is 36.0 Å². The second kappa shape index (κ2) is 38.5. The van der Waals surface area contributed by atoms with Gasteiger partial charge in [-0.3, -0.25) is 23.5 Å². The van der Waals surface area contributed by atoms with Crippen LogP contribution in [-0.4, -0.2) is 100 Å². The van der Waals surface area contributed by atoms with Crippen molar-refractivity contribution in [2.24, 2.45) is 35.5 Å². The minimum atomic E-state index is -4.54. The number of aldehydes is 1. The highest BCUT2D eigenvalue weighted by Crippen LogP contribution is 2.47. The number of nitrogens with one attached hydrogen (secondary N) is 1. The van der Waals surface area contributed by atoms with E-state index in [1.54, 1.807) is 42.5 Å². The van der Waals surface area contributed by atoms with E-state index < -0.39 is 51.3 Å². The van der Waals surface area contributed by atoms with Crippen LogP contribution in [0, 0.1) is 35.5 Å². The van der Waals surface area contributed by atoms with Crippen molar-refractivity contribution in [1.82, 2.24) is 10.2 Å². The van der Waals surface area contributed by atoms with E-state index in [0.717, 1.165) is 159 Å². The Hall–Kier alpha value is -6.21. The fourth-order valence-corrected chi connectivity index (χ4v) is 16.0. The molecule has 0 radical (unpaired) electrons. The molecule has 4 saturated carbocycles. The van der Waals surface area contributed by atoms with Gasteiger partial charge in [0.15, 0.2) is 0 Å². The van der Waals surface area contributed by atoms with E-state index in [4.69, 9.17) is 28.2 Å². The molecule has 6 fully saturated rings. The van der Waals surface area contributed by atoms with Gasteiger partial charge in [-0.05, 0) is 271 Å². The summed E-state index contributed by atoms with van der Waals surface area (Å²) >= 11 is 3.25. The van der Waals surface area contributed by atoms with E-state index in [0.29, 0.717) is 76.7 Å². The predicted molar refractivity (Wildman–Crippen MR) is 391 cm³/mol. The average molecular weight is 1550 g/mol. The summed E-state index contributed by atoms with van der Waals surface area (Å²) in [7, 11) is -3.24. The molecule has 6 aromatic rings. The van der Waals surface area contributed by atoms with Gasteiger partial charge in [0.25, 0.3) is 10.1 Å². The van der Waals surface area contributed by atoms with E-state index >= 15 is 0 Å². The quantitative estimate of drug-likeness (QED) is 0.0407. The molecule has 13 nitrogen and oxygen atoms in total. The molecular formula is C80H102BrF9N2O11S. The number of carbonyl (C=O) groups excluding carboxylic acids is 2. The van der Waals surface area contributed by atoms with Gasteiger partial charge in [-0.1, -0.05) is 92.2 Å². The van der Waals surface area contributed by atoms with Gasteiger partial charge in [0.1, 0.15) is 40.2 Å². The number of halogens is 10. The van der Waals surface area contributed by atoms with Gasteiger partial charge in [-0.15, -0.1) is 0 Å². The standard InChI is InChI=1S/C26H32F3NO3.C19H19F3O2.C18H18BrF3O.C9H17NO2.C8H16O3S/c1-17-4-9-21(10-5-17)33-23-11-8-20-7-6-19(13-22(20)25(23)26(27,28)29)16-30-12-2-3-18(15-30)14-24(31)32;1-12-2-7-15(8-3-12)24-17-9-6-14-5-4-13(11-23)10-16(14)18(17)19(20,21)22;1-11-2-7-14(8-3-11)23-16-9-5-12-4-6-13(19)10-15(12)17(16)18(20,21)22;1-2-12-9(11)6-8-4-3-5-10-7-8;1-7-3-5-8(6-4-7)11-12(2,9)10/h6-8,11,13,17-18,21H,2-5,9-10,12,14-16H2,1H3,(H,31,32);4-6,9-12,15H,2-3,7-8H2,1H3;4-6,9-11,14H,2-3,7-8H2,1H3;8,10H,2-7H2,1H3;7-8H,3-6H2,1-2H3/t17?,18-,21?;;;8-;/m1..1./s1. The van der Waals surface area contributed by atoms with E-state index in [9.17, 15) is 62.3 Å². The molecular weight excluding hydrogens is 1450 g/mol. The average Bonchev–Trinajstić information content (AvgIpc) is 0.760. The number of esters is 1. The second-order valence-electron chi connectivity index (χ2n) is 29.6. The molecule has 6 aromatic carbocycles. The van der Waals surface area contributed by atoms with Crippen molar-refractivity contribution in [1.29, 1.82) is 0 Å². The third kappa shape index (κ3) is 26.0. The van der Waals surface area contributed by atoms with Crippen LogP contribution in [0.1, 0.15) is 208 Å². The second-order valence-corrected chi connectivity index (χ2v) is 32.1. The first kappa shape index (κ1) is 83.4. The van der Waals surface area contributed by atoms with Crippen molar-refractivity contribution in [3.63, 3.8) is 0 Å². The molecule has 2 heterocycles. The summed E-state index contributed by atoms with van der Waals surface area (Å²) < 4.78 is 174. The molecule has 574 valence electrons. The Morgan fingerprint density at radius 2 is 0.962 bits per heavy atom. The summed E-state index contributed by atoms with van der Waals surface area (Å²) in [6, 6.07) is 23.8. The summed E-state index contributed by atoms with van der Waals surface area (Å²) in [5, 5.41) is 14.3. The number of benzene rings is 6. The van der Waals surface area contributed by atoms with Crippen molar-refractivity contribution >= 4 is 76.6 Å². The molecule has 2 aliphatic heterocycles. The normalized spacial score (nSPS) is 24.2. The zero-order valence-electron chi connectivity index (χ0n) is 60.5. The van der Waals surface area contributed by atoms with Crippen LogP contribution in [0.4, 0.5) is 39.5 Å². The lowest BCUT2D eigenvalue weighted by Crippen LogP contribution is -2.35. The van der Waals surface area contributed by atoms with Crippen LogP contribution < -0.4 is 19.5 Å². The van der Waals surface area contributed by atoms with Crippen molar-refractivity contribution < 1.29 is 90.6 Å². The zero-order valence-corrected chi connectivity index (χ0v) is 62.9. The molecule has 0 amide bonds. The Morgan fingerprint density at radius 1 is 0.548 bits per heavy atom. The number of hydrogen-bond acceptors (Lipinski definition) is 12. The molecule has 104 heavy (non-hydrogen) atoms. The third-order valence-electron chi connectivity index (χ3n) is 20.7. The molecule has 6 aliphatic rings. The number of carboxylic acid groups (broad SMARTS) is 1. The van der Waals surface area contributed by atoms with E-state index in [2.05, 4.69) is 53.8 Å². The number of ether oxygens (including phenoxy) is 4. The summed E-state index contributed by atoms with van der Waals surface area (Å²) in [5.74, 6) is 2.00. The van der Waals surface area contributed by atoms with E-state index in [1.807, 2.05) is 13.0 Å². The minimum absolute atomic E-state index is 0.00813. The summed E-state index contributed by atoms with van der Waals surface area (Å²) in [4.78, 5) is 35.2. The van der Waals surface area contributed by atoms with Crippen molar-refractivity contribution in [3.8, 4) is 17.2 Å². The smallest absolute Gasteiger partial charge is 0.420 e. The maximum absolute atomic E-state index is 14.2. The molecule has 4 aliphatic carbocycles. The Labute approximate surface area is 614 Å². The summed E-state index contributed by atoms with van der Waals surface area (Å²) in [5.41, 5.74) is -1.13. The topological polar surface area (TPSA) is 167 Å². The Bertz CT molecular complexity index is 3870. The number of aliphatic carboxylic acids is 1. The molecule has 2 saturated heterocycles. The molecule has 0 aromatic heterocycles. The maximum atomic E-state index is 14.2. The fourth-order valence-electron chi connectivity index (χ4n) is 15.0. The first-order chi connectivity index (χ1) is 49.2. The minimum Gasteiger partial charge on any atom is -0.490 e. The van der Waals surface area contributed by atoms with Crippen LogP contribution in [0.5, 0.6) is 17.2 Å². The number of nitrogens with zero attached hydrogens (tertiary/aromatic N) is 1. The van der Waals surface area contributed by atoms with Crippen LogP contribution in [0.25, 0.3) is 32.3 Å². The molecule has 0 spiro atoms. The lowest BCUT2D eigenvalue weighted by atomic mass is 9.89. The number of piperidine rings is 2. The molecule has 0 unspecified atom stereocenters. The van der Waals surface area contributed by atoms with Gasteiger partial charge < -0.3 is 29.4 Å². The molecule has 2 N–H and O–H groups in total. The molecule has 0 bridgehead atoms. The van der Waals surface area contributed by atoms with Gasteiger partial charge in [-0.25, -0.2) is 0 Å².